The normalized spacial score (nSPS) is 16.4. The van der Waals surface area contributed by atoms with Crippen molar-refractivity contribution >= 4 is 16.8 Å². The van der Waals surface area contributed by atoms with Crippen molar-refractivity contribution in [2.75, 3.05) is 13.1 Å². The third-order valence-corrected chi connectivity index (χ3v) is 7.65. The summed E-state index contributed by atoms with van der Waals surface area (Å²) < 4.78 is 24.8. The Morgan fingerprint density at radius 2 is 1.87 bits per heavy atom. The minimum atomic E-state index is -1.02. The fourth-order valence-electron chi connectivity index (χ4n) is 5.68. The average molecular weight is 525 g/mol. The molecular formula is C32H29FN2O4. The van der Waals surface area contributed by atoms with E-state index in [1.54, 1.807) is 50.2 Å². The van der Waals surface area contributed by atoms with Crippen LogP contribution in [0.4, 0.5) is 4.39 Å². The zero-order valence-electron chi connectivity index (χ0n) is 22.1. The van der Waals surface area contributed by atoms with E-state index in [1.165, 1.54) is 23.3 Å². The van der Waals surface area contributed by atoms with Gasteiger partial charge in [0.2, 0.25) is 0 Å². The van der Waals surface area contributed by atoms with Crippen molar-refractivity contribution in [3.63, 3.8) is 0 Å². The van der Waals surface area contributed by atoms with Gasteiger partial charge >= 0.3 is 0 Å². The van der Waals surface area contributed by atoms with Gasteiger partial charge in [-0.3, -0.25) is 9.69 Å². The number of carbonyl (C=O) groups is 1. The van der Waals surface area contributed by atoms with Crippen LogP contribution in [0, 0.1) is 26.6 Å². The number of nitrogens with zero attached hydrogens (tertiary/aromatic N) is 2. The maximum atomic E-state index is 13.7. The fraction of sp³-hybridized carbons (Fsp3) is 0.250. The summed E-state index contributed by atoms with van der Waals surface area (Å²) in [7, 11) is 0. The number of hydrogen-bond acceptors (Lipinski definition) is 6. The molecule has 2 aromatic heterocycles. The number of aryl methyl sites for hydroxylation is 3. The van der Waals surface area contributed by atoms with E-state index in [4.69, 9.17) is 8.94 Å². The zero-order valence-corrected chi connectivity index (χ0v) is 22.1. The van der Waals surface area contributed by atoms with Crippen LogP contribution in [0.2, 0.25) is 0 Å². The van der Waals surface area contributed by atoms with Gasteiger partial charge in [0, 0.05) is 17.5 Å². The zero-order chi connectivity index (χ0) is 27.3. The first-order chi connectivity index (χ1) is 18.8. The molecule has 1 aliphatic rings. The Labute approximate surface area is 225 Å². The van der Waals surface area contributed by atoms with Gasteiger partial charge in [0.05, 0.1) is 23.8 Å². The average Bonchev–Trinajstić information content (AvgIpc) is 3.51. The predicted molar refractivity (Wildman–Crippen MR) is 145 cm³/mol. The van der Waals surface area contributed by atoms with Crippen LogP contribution in [0.3, 0.4) is 0 Å². The van der Waals surface area contributed by atoms with Crippen LogP contribution in [0.1, 0.15) is 67.5 Å². The number of Topliss-reactive ketones (excluding diaryl/α,β-unsaturated/α-hetero) is 1. The van der Waals surface area contributed by atoms with E-state index in [0.29, 0.717) is 40.5 Å². The first-order valence-corrected chi connectivity index (χ1v) is 13.0. The summed E-state index contributed by atoms with van der Waals surface area (Å²) in [5.74, 6) is 0.593. The molecule has 3 heterocycles. The van der Waals surface area contributed by atoms with Crippen LogP contribution in [-0.2, 0) is 6.42 Å². The first kappa shape index (κ1) is 25.2. The molecular weight excluding hydrogens is 495 g/mol. The van der Waals surface area contributed by atoms with Gasteiger partial charge in [0.1, 0.15) is 29.0 Å². The van der Waals surface area contributed by atoms with Crippen LogP contribution in [-0.4, -0.2) is 34.0 Å². The van der Waals surface area contributed by atoms with Crippen LogP contribution in [0.25, 0.3) is 11.0 Å². The molecule has 198 valence electrons. The lowest BCUT2D eigenvalue weighted by atomic mass is 9.87. The van der Waals surface area contributed by atoms with Crippen molar-refractivity contribution < 1.29 is 23.2 Å². The molecule has 1 aliphatic heterocycles. The lowest BCUT2D eigenvalue weighted by Gasteiger charge is -2.37. The molecule has 0 saturated heterocycles. The molecule has 0 radical (unpaired) electrons. The Morgan fingerprint density at radius 3 is 2.62 bits per heavy atom. The summed E-state index contributed by atoms with van der Waals surface area (Å²) in [6.45, 7) is 6.53. The van der Waals surface area contributed by atoms with Gasteiger partial charge < -0.3 is 14.0 Å². The smallest absolute Gasteiger partial charge is 0.176 e. The third kappa shape index (κ3) is 4.68. The quantitative estimate of drug-likeness (QED) is 0.259. The lowest BCUT2D eigenvalue weighted by molar-refractivity contribution is 0.0901. The summed E-state index contributed by atoms with van der Waals surface area (Å²) >= 11 is 0. The van der Waals surface area contributed by atoms with Crippen molar-refractivity contribution in [3.8, 4) is 0 Å². The highest BCUT2D eigenvalue weighted by Gasteiger charge is 2.30. The van der Waals surface area contributed by atoms with Crippen LogP contribution in [0.15, 0.2) is 75.7 Å². The van der Waals surface area contributed by atoms with E-state index >= 15 is 0 Å². The van der Waals surface area contributed by atoms with E-state index in [0.717, 1.165) is 22.9 Å². The van der Waals surface area contributed by atoms with Gasteiger partial charge in [-0.1, -0.05) is 41.1 Å². The number of benzene rings is 3. The third-order valence-electron chi connectivity index (χ3n) is 7.65. The van der Waals surface area contributed by atoms with Gasteiger partial charge in [-0.05, 0) is 80.3 Å². The van der Waals surface area contributed by atoms with E-state index in [2.05, 4.69) is 35.2 Å². The monoisotopic (exact) mass is 524 g/mol. The molecule has 0 fully saturated rings. The number of rotatable bonds is 6. The maximum absolute atomic E-state index is 13.7. The Morgan fingerprint density at radius 1 is 1.08 bits per heavy atom. The topological polar surface area (TPSA) is 79.7 Å². The molecule has 2 atom stereocenters. The molecule has 2 unspecified atom stereocenters. The maximum Gasteiger partial charge on any atom is 0.176 e. The SMILES string of the molecule is Cc1ccc2c(c1)CCN(CC(=O)c1ccc3oc(C(O)c4c(C)noc4C)cc3c1)C2c1ccc(F)cc1. The van der Waals surface area contributed by atoms with E-state index in [-0.39, 0.29) is 24.2 Å². The molecule has 7 heteroatoms. The molecule has 5 aromatic rings. The second-order valence-corrected chi connectivity index (χ2v) is 10.3. The summed E-state index contributed by atoms with van der Waals surface area (Å²) in [5.41, 5.74) is 6.89. The highest BCUT2D eigenvalue weighted by Crippen LogP contribution is 2.36. The number of aliphatic hydroxyl groups is 1. The number of fused-ring (bicyclic) bond motifs is 2. The molecule has 3 aromatic carbocycles. The Kier molecular flexibility index (Phi) is 6.41. The largest absolute Gasteiger partial charge is 0.458 e. The highest BCUT2D eigenvalue weighted by atomic mass is 19.1. The summed E-state index contributed by atoms with van der Waals surface area (Å²) in [4.78, 5) is 15.7. The molecule has 6 nitrogen and oxygen atoms in total. The van der Waals surface area contributed by atoms with Crippen molar-refractivity contribution in [2.24, 2.45) is 0 Å². The molecule has 0 aliphatic carbocycles. The number of aliphatic hydroxyl groups excluding tert-OH is 1. The summed E-state index contributed by atoms with van der Waals surface area (Å²) in [6.07, 6.45) is -0.178. The van der Waals surface area contributed by atoms with Crippen molar-refractivity contribution in [1.82, 2.24) is 10.1 Å². The van der Waals surface area contributed by atoms with Crippen LogP contribution >= 0.6 is 0 Å². The Balaban J connectivity index is 1.29. The molecule has 39 heavy (non-hydrogen) atoms. The molecule has 6 rings (SSSR count). The number of ketones is 1. The Bertz CT molecular complexity index is 1670. The lowest BCUT2D eigenvalue weighted by Crippen LogP contribution is -2.39. The fourth-order valence-corrected chi connectivity index (χ4v) is 5.68. The number of halogens is 1. The number of hydrogen-bond donors (Lipinski definition) is 1. The number of carbonyl (C=O) groups excluding carboxylic acids is 1. The molecule has 0 bridgehead atoms. The summed E-state index contributed by atoms with van der Waals surface area (Å²) in [5, 5.41) is 15.5. The van der Waals surface area contributed by atoms with Crippen molar-refractivity contribution in [1.29, 1.82) is 0 Å². The van der Waals surface area contributed by atoms with E-state index in [9.17, 15) is 14.3 Å². The van der Waals surface area contributed by atoms with Gasteiger partial charge in [-0.2, -0.15) is 0 Å². The standard InChI is InChI=1S/C32H29FN2O4/c1-18-4-10-26-22(14-18)12-13-35(31(26)21-5-8-25(33)9-6-21)17-27(36)23-7-11-28-24(15-23)16-29(38-28)32(37)30-19(2)34-39-20(30)3/h4-11,14-16,31-32,37H,12-13,17H2,1-3H3. The minimum absolute atomic E-state index is 0.0198. The first-order valence-electron chi connectivity index (χ1n) is 13.0. The van der Waals surface area contributed by atoms with Crippen molar-refractivity contribution in [3.05, 3.63) is 123 Å². The number of furan rings is 1. The van der Waals surface area contributed by atoms with E-state index in [1.807, 2.05) is 0 Å². The van der Waals surface area contributed by atoms with Crippen LogP contribution in [0.5, 0.6) is 0 Å². The predicted octanol–water partition coefficient (Wildman–Crippen LogP) is 6.40. The second kappa shape index (κ2) is 9.91. The minimum Gasteiger partial charge on any atom is -0.458 e. The Hall–Kier alpha value is -4.07. The molecule has 0 spiro atoms. The van der Waals surface area contributed by atoms with Gasteiger partial charge in [-0.15, -0.1) is 0 Å². The van der Waals surface area contributed by atoms with Crippen molar-refractivity contribution in [2.45, 2.75) is 39.3 Å². The van der Waals surface area contributed by atoms with Gasteiger partial charge in [0.15, 0.2) is 5.78 Å². The molecule has 0 saturated carbocycles. The molecule has 0 amide bonds. The van der Waals surface area contributed by atoms with Gasteiger partial charge in [-0.25, -0.2) is 4.39 Å². The second-order valence-electron chi connectivity index (χ2n) is 10.3. The molecule has 1 N–H and O–H groups in total. The van der Waals surface area contributed by atoms with Gasteiger partial charge in [0.25, 0.3) is 0 Å². The summed E-state index contributed by atoms with van der Waals surface area (Å²) in [6, 6.07) is 19.9. The van der Waals surface area contributed by atoms with E-state index < -0.39 is 6.10 Å². The number of aromatic nitrogens is 1. The highest BCUT2D eigenvalue weighted by molar-refractivity contribution is 6.00. The van der Waals surface area contributed by atoms with Crippen LogP contribution < -0.4 is 0 Å².